The highest BCUT2D eigenvalue weighted by atomic mass is 19.1. The van der Waals surface area contributed by atoms with E-state index >= 15 is 0 Å². The number of hydrogen-bond donors (Lipinski definition) is 3. The van der Waals surface area contributed by atoms with Crippen molar-refractivity contribution in [3.63, 3.8) is 0 Å². The van der Waals surface area contributed by atoms with Gasteiger partial charge in [0.1, 0.15) is 24.5 Å². The molecule has 13 heteroatoms. The summed E-state index contributed by atoms with van der Waals surface area (Å²) in [4.78, 5) is 35.5. The predicted octanol–water partition coefficient (Wildman–Crippen LogP) is 2.10. The van der Waals surface area contributed by atoms with Crippen LogP contribution in [0.1, 0.15) is 47.3 Å². The van der Waals surface area contributed by atoms with Gasteiger partial charge < -0.3 is 24.6 Å². The lowest BCUT2D eigenvalue weighted by Gasteiger charge is -2.26. The maximum Gasteiger partial charge on any atom is 0.413 e. The van der Waals surface area contributed by atoms with Crippen molar-refractivity contribution in [3.05, 3.63) is 12.4 Å². The van der Waals surface area contributed by atoms with Crippen molar-refractivity contribution in [2.45, 2.75) is 70.6 Å². The molecule has 3 heterocycles. The third-order valence-electron chi connectivity index (χ3n) is 4.70. The summed E-state index contributed by atoms with van der Waals surface area (Å²) in [7, 11) is 0. The van der Waals surface area contributed by atoms with Crippen molar-refractivity contribution in [2.75, 3.05) is 11.9 Å². The van der Waals surface area contributed by atoms with Crippen molar-refractivity contribution in [3.8, 4) is 12.3 Å². The van der Waals surface area contributed by atoms with E-state index in [1.165, 1.54) is 10.9 Å². The van der Waals surface area contributed by atoms with E-state index < -0.39 is 48.4 Å². The minimum atomic E-state index is -1.64. The summed E-state index contributed by atoms with van der Waals surface area (Å²) in [5.41, 5.74) is -2.37. The topological polar surface area (TPSA) is 150 Å². The first-order valence-electron chi connectivity index (χ1n) is 10.5. The van der Waals surface area contributed by atoms with E-state index in [0.717, 1.165) is 0 Å². The number of imidazole rings is 1. The van der Waals surface area contributed by atoms with E-state index in [1.54, 1.807) is 34.6 Å². The fourth-order valence-corrected chi connectivity index (χ4v) is 3.26. The minimum absolute atomic E-state index is 0.0120. The number of alkyl carbamates (subject to hydrolysis) is 1. The van der Waals surface area contributed by atoms with Gasteiger partial charge in [0, 0.05) is 12.5 Å². The summed E-state index contributed by atoms with van der Waals surface area (Å²) in [6.07, 6.45) is 2.05. The molecule has 0 unspecified atom stereocenters. The van der Waals surface area contributed by atoms with Crippen LogP contribution in [0.2, 0.25) is 0 Å². The maximum absolute atomic E-state index is 14.2. The number of carbonyl (C=O) groups is 2. The first-order valence-corrected chi connectivity index (χ1v) is 10.5. The Hall–Kier alpha value is -3.50. The molecule has 0 radical (unpaired) electrons. The molecule has 1 saturated heterocycles. The van der Waals surface area contributed by atoms with Gasteiger partial charge in [-0.15, -0.1) is 6.42 Å². The van der Waals surface area contributed by atoms with Crippen LogP contribution in [0.25, 0.3) is 11.2 Å². The molecule has 34 heavy (non-hydrogen) atoms. The molecule has 12 nitrogen and oxygen atoms in total. The summed E-state index contributed by atoms with van der Waals surface area (Å²) >= 11 is 0. The van der Waals surface area contributed by atoms with Crippen LogP contribution < -0.4 is 10.6 Å². The molecule has 0 spiro atoms. The Bertz CT molecular complexity index is 1120. The van der Waals surface area contributed by atoms with Gasteiger partial charge in [0.05, 0.1) is 6.33 Å². The average Bonchev–Trinajstić information content (AvgIpc) is 3.25. The van der Waals surface area contributed by atoms with Crippen molar-refractivity contribution in [1.29, 1.82) is 0 Å². The molecule has 1 aliphatic rings. The van der Waals surface area contributed by atoms with Gasteiger partial charge in [0.25, 0.3) is 0 Å². The van der Waals surface area contributed by atoms with Crippen LogP contribution in [-0.2, 0) is 14.2 Å². The Labute approximate surface area is 195 Å². The predicted molar refractivity (Wildman–Crippen MR) is 117 cm³/mol. The molecule has 2 amide bonds. The molecular weight excluding hydrogens is 451 g/mol. The van der Waals surface area contributed by atoms with Crippen molar-refractivity contribution in [1.82, 2.24) is 24.8 Å². The number of carbonyl (C=O) groups excluding carboxylic acids is 2. The van der Waals surface area contributed by atoms with E-state index in [2.05, 4.69) is 31.5 Å². The highest BCUT2D eigenvalue weighted by Crippen LogP contribution is 2.38. The van der Waals surface area contributed by atoms with Gasteiger partial charge in [-0.25, -0.2) is 14.6 Å². The molecule has 3 N–H and O–H groups in total. The van der Waals surface area contributed by atoms with E-state index in [1.807, 2.05) is 0 Å². The fourth-order valence-electron chi connectivity index (χ4n) is 3.26. The normalized spacial score (nSPS) is 22.4. The lowest BCUT2D eigenvalue weighted by atomic mass is 9.99. The second kappa shape index (κ2) is 9.40. The van der Waals surface area contributed by atoms with Gasteiger partial charge in [-0.2, -0.15) is 14.4 Å². The van der Waals surface area contributed by atoms with Crippen LogP contribution in [-0.4, -0.2) is 66.8 Å². The molecule has 3 rings (SSSR count). The number of terminal acetylenes is 1. The lowest BCUT2D eigenvalue weighted by molar-refractivity contribution is -0.0911. The molecule has 0 aliphatic carbocycles. The number of fused-ring (bicyclic) bond motifs is 1. The first kappa shape index (κ1) is 25.1. The number of nitrogens with zero attached hydrogens (tertiary/aromatic N) is 4. The minimum Gasteiger partial charge on any atom is -0.445 e. The Morgan fingerprint density at radius 3 is 2.74 bits per heavy atom. The number of nitrogens with one attached hydrogen (secondary N) is 2. The van der Waals surface area contributed by atoms with Crippen molar-refractivity contribution >= 4 is 29.2 Å². The second-order valence-electron chi connectivity index (χ2n) is 9.03. The highest BCUT2D eigenvalue weighted by Gasteiger charge is 2.49. The maximum atomic E-state index is 14.2. The Morgan fingerprint density at radius 2 is 2.12 bits per heavy atom. The number of halogens is 1. The van der Waals surface area contributed by atoms with E-state index in [0.29, 0.717) is 0 Å². The number of aromatic nitrogens is 4. The zero-order chi connectivity index (χ0) is 25.3. The van der Waals surface area contributed by atoms with E-state index in [4.69, 9.17) is 20.6 Å². The quantitative estimate of drug-likeness (QED) is 0.434. The number of rotatable bonds is 5. The van der Waals surface area contributed by atoms with Crippen LogP contribution in [0.5, 0.6) is 0 Å². The summed E-state index contributed by atoms with van der Waals surface area (Å²) < 4.78 is 31.7. The van der Waals surface area contributed by atoms with E-state index in [9.17, 15) is 19.1 Å². The third kappa shape index (κ3) is 5.52. The highest BCUT2D eigenvalue weighted by molar-refractivity contribution is 5.93. The molecule has 0 saturated carbocycles. The van der Waals surface area contributed by atoms with Gasteiger partial charge in [-0.05, 0) is 34.6 Å². The number of ether oxygens (including phenoxy) is 3. The van der Waals surface area contributed by atoms with Gasteiger partial charge in [-0.3, -0.25) is 9.88 Å². The van der Waals surface area contributed by atoms with Gasteiger partial charge in [0.2, 0.25) is 0 Å². The SMILES string of the molecule is C#C[C@]1(COC(=O)NC(C)C)O[C@@H](n2cnc3c(NC(=O)OC(C)(C)C)nc(F)nc32)C[C@@H]1O. The molecule has 3 atom stereocenters. The van der Waals surface area contributed by atoms with E-state index in [-0.39, 0.29) is 29.4 Å². The van der Waals surface area contributed by atoms with Gasteiger partial charge in [0.15, 0.2) is 22.6 Å². The second-order valence-corrected chi connectivity index (χ2v) is 9.03. The summed E-state index contributed by atoms with van der Waals surface area (Å²) in [5, 5.41) is 15.5. The van der Waals surface area contributed by atoms with Crippen molar-refractivity contribution in [2.24, 2.45) is 0 Å². The number of aliphatic hydroxyl groups excluding tert-OH is 1. The number of amides is 2. The monoisotopic (exact) mass is 478 g/mol. The van der Waals surface area contributed by atoms with Crippen LogP contribution in [0.15, 0.2) is 6.33 Å². The Kier molecular flexibility index (Phi) is 6.94. The zero-order valence-corrected chi connectivity index (χ0v) is 19.5. The summed E-state index contributed by atoms with van der Waals surface area (Å²) in [6.45, 7) is 8.12. The molecule has 2 aromatic heterocycles. The summed E-state index contributed by atoms with van der Waals surface area (Å²) in [6, 6.07) is -0.160. The average molecular weight is 478 g/mol. The standard InChI is InChI=1S/C21H27FN6O6/c1-7-21(9-32-18(30)24-11(2)3)12(29)8-13(33-21)28-10-23-14-15(25-17(22)27-16(14)28)26-19(31)34-20(4,5)6/h1,10-13,29H,8-9H2,2-6H3,(H,24,30)(H,25,26,27,31)/t12-,13+,21+/m0/s1. The molecule has 1 fully saturated rings. The number of hydrogen-bond acceptors (Lipinski definition) is 9. The lowest BCUT2D eigenvalue weighted by Crippen LogP contribution is -2.44. The Morgan fingerprint density at radius 1 is 1.41 bits per heavy atom. The Balaban J connectivity index is 1.84. The zero-order valence-electron chi connectivity index (χ0n) is 19.5. The largest absolute Gasteiger partial charge is 0.445 e. The number of aliphatic hydroxyl groups is 1. The molecule has 1 aliphatic heterocycles. The molecule has 0 aromatic carbocycles. The molecule has 2 aromatic rings. The smallest absolute Gasteiger partial charge is 0.413 e. The molecular formula is C21H27FN6O6. The van der Waals surface area contributed by atoms with Crippen LogP contribution in [0.3, 0.4) is 0 Å². The number of anilines is 1. The van der Waals surface area contributed by atoms with Crippen LogP contribution in [0, 0.1) is 18.4 Å². The molecule has 184 valence electrons. The van der Waals surface area contributed by atoms with Crippen LogP contribution >= 0.6 is 0 Å². The van der Waals surface area contributed by atoms with Crippen molar-refractivity contribution < 1.29 is 33.3 Å². The summed E-state index contributed by atoms with van der Waals surface area (Å²) in [5.74, 6) is 2.15. The van der Waals surface area contributed by atoms with Gasteiger partial charge in [-0.1, -0.05) is 5.92 Å². The fraction of sp³-hybridized carbons (Fsp3) is 0.571. The van der Waals surface area contributed by atoms with Gasteiger partial charge >= 0.3 is 18.3 Å². The molecule has 0 bridgehead atoms. The first-order chi connectivity index (χ1) is 15.8. The third-order valence-corrected chi connectivity index (χ3v) is 4.70. The van der Waals surface area contributed by atoms with Crippen LogP contribution in [0.4, 0.5) is 19.8 Å².